The van der Waals surface area contributed by atoms with Crippen molar-refractivity contribution >= 4 is 0 Å². The van der Waals surface area contributed by atoms with Gasteiger partial charge >= 0.3 is 31.1 Å². The summed E-state index contributed by atoms with van der Waals surface area (Å²) in [5.41, 5.74) is 0. The van der Waals surface area contributed by atoms with Crippen LogP contribution in [0.2, 0.25) is 0 Å². The van der Waals surface area contributed by atoms with Crippen molar-refractivity contribution in [2.45, 2.75) is 0 Å². The van der Waals surface area contributed by atoms with Crippen molar-refractivity contribution in [1.29, 1.82) is 0 Å². The summed E-state index contributed by atoms with van der Waals surface area (Å²) in [7, 11) is 0. The van der Waals surface area contributed by atoms with Crippen LogP contribution in [0.1, 0.15) is 0 Å². The van der Waals surface area contributed by atoms with E-state index in [0.29, 0.717) is 0 Å². The van der Waals surface area contributed by atoms with Crippen LogP contribution in [0.3, 0.4) is 0 Å². The van der Waals surface area contributed by atoms with Crippen molar-refractivity contribution < 1.29 is 53.1 Å². The van der Waals surface area contributed by atoms with E-state index in [0.717, 1.165) is 0 Å². The fourth-order valence-electron chi connectivity index (χ4n) is 0. The first-order chi connectivity index (χ1) is 1.00. The Bertz CT molecular complexity index is 8.00. The molecule has 0 fully saturated rings. The molecule has 0 aromatic rings. The molecule has 32 valence electrons. The van der Waals surface area contributed by atoms with Crippen molar-refractivity contribution in [1.82, 2.24) is 0 Å². The van der Waals surface area contributed by atoms with Gasteiger partial charge in [-0.2, -0.15) is 0 Å². The molecule has 0 spiro atoms. The molecule has 4 heteroatoms. The third kappa shape index (κ3) is 9.40. The second-order valence-electron chi connectivity index (χ2n) is 0. The third-order valence-electron chi connectivity index (χ3n) is 0. The first-order valence-corrected chi connectivity index (χ1v) is 3.52. The van der Waals surface area contributed by atoms with E-state index >= 15 is 0 Å². The fraction of sp³-hybridized carbons (Fsp3) is 0. The van der Waals surface area contributed by atoms with Crippen LogP contribution in [0.5, 0.6) is 0 Å². The van der Waals surface area contributed by atoms with E-state index in [1.165, 1.54) is 0 Å². The average Bonchev–Trinajstić information content (AvgIpc) is 1.00. The molecule has 0 aliphatic carbocycles. The summed E-state index contributed by atoms with van der Waals surface area (Å²) in [5, 5.41) is 0. The SMILES string of the molecule is O.[Fe][Mo].[Ni]. The van der Waals surface area contributed by atoms with E-state index in [-0.39, 0.29) is 22.0 Å². The molecule has 2 N–H and O–H groups in total. The smallest absolute Gasteiger partial charge is 0 e. The first kappa shape index (κ1) is 17.4. The van der Waals surface area contributed by atoms with Gasteiger partial charge in [-0.15, -0.1) is 0 Å². The zero-order valence-electron chi connectivity index (χ0n) is 1.58. The van der Waals surface area contributed by atoms with Crippen LogP contribution in [0.25, 0.3) is 0 Å². The zero-order valence-corrected chi connectivity index (χ0v) is 5.68. The van der Waals surface area contributed by atoms with E-state index in [9.17, 15) is 0 Å². The summed E-state index contributed by atoms with van der Waals surface area (Å²) >= 11 is 4.96. The molecule has 0 heterocycles. The zero-order chi connectivity index (χ0) is 2.00. The maximum atomic E-state index is 3.26. The molecule has 1 nitrogen and oxygen atoms in total. The predicted octanol–water partition coefficient (Wildman–Crippen LogP) is -0.832. The quantitative estimate of drug-likeness (QED) is 0.485. The largest absolute Gasteiger partial charge is 0 e. The van der Waals surface area contributed by atoms with Crippen LogP contribution < -0.4 is 0 Å². The standard InChI is InChI=1S/Fe.Mo.Ni.H2O/h;;;1H2. The van der Waals surface area contributed by atoms with Gasteiger partial charge in [0.2, 0.25) is 0 Å². The summed E-state index contributed by atoms with van der Waals surface area (Å²) in [6, 6.07) is 0. The molecule has 0 amide bonds. The van der Waals surface area contributed by atoms with Crippen molar-refractivity contribution in [2.75, 3.05) is 0 Å². The third-order valence-corrected chi connectivity index (χ3v) is 0. The van der Waals surface area contributed by atoms with Gasteiger partial charge in [0.15, 0.2) is 0 Å². The van der Waals surface area contributed by atoms with Gasteiger partial charge in [-0.05, 0) is 0 Å². The van der Waals surface area contributed by atoms with Crippen LogP contribution in [0.15, 0.2) is 0 Å². The summed E-state index contributed by atoms with van der Waals surface area (Å²) in [6.45, 7) is 0. The van der Waals surface area contributed by atoms with E-state index < -0.39 is 0 Å². The van der Waals surface area contributed by atoms with Gasteiger partial charge in [-0.3, -0.25) is 0 Å². The molecule has 4 heavy (non-hydrogen) atoms. The topological polar surface area (TPSA) is 31.5 Å². The minimum absolute atomic E-state index is 0. The summed E-state index contributed by atoms with van der Waals surface area (Å²) in [4.78, 5) is 0. The second-order valence-corrected chi connectivity index (χ2v) is 0. The molecular formula is H2FeMoNiO. The Kier molecular flexibility index (Phi) is 98.3. The van der Waals surface area contributed by atoms with Crippen LogP contribution in [-0.4, -0.2) is 5.48 Å². The minimum atomic E-state index is 0. The van der Waals surface area contributed by atoms with Crippen molar-refractivity contribution in [3.63, 3.8) is 0 Å². The molecular weight excluding hydrogens is 226 g/mol. The van der Waals surface area contributed by atoms with Gasteiger partial charge in [-0.25, -0.2) is 0 Å². The monoisotopic (exact) mass is 230 g/mol. The summed E-state index contributed by atoms with van der Waals surface area (Å²) < 4.78 is 0. The van der Waals surface area contributed by atoms with E-state index in [1.54, 1.807) is 17.7 Å². The molecule has 0 aliphatic heterocycles. The molecule has 0 radical (unpaired) electrons. The van der Waals surface area contributed by atoms with Crippen LogP contribution in [0.4, 0.5) is 0 Å². The van der Waals surface area contributed by atoms with Crippen molar-refractivity contribution in [3.8, 4) is 0 Å². The Morgan fingerprint density at radius 3 is 1.25 bits per heavy atom. The Hall–Kier alpha value is 1.66. The first-order valence-electron chi connectivity index (χ1n) is 0.144. The van der Waals surface area contributed by atoms with Crippen LogP contribution >= 0.6 is 0 Å². The van der Waals surface area contributed by atoms with Gasteiger partial charge in [0, 0.05) is 16.5 Å². The molecule has 0 saturated carbocycles. The van der Waals surface area contributed by atoms with Crippen molar-refractivity contribution in [2.24, 2.45) is 0 Å². The van der Waals surface area contributed by atoms with E-state index in [1.807, 2.05) is 0 Å². The minimum Gasteiger partial charge on any atom is 0 e. The van der Waals surface area contributed by atoms with E-state index in [4.69, 9.17) is 0 Å². The number of hydrogen-bond donors (Lipinski definition) is 0. The van der Waals surface area contributed by atoms with Gasteiger partial charge in [0.25, 0.3) is 0 Å². The Labute approximate surface area is 52.9 Å². The Morgan fingerprint density at radius 1 is 1.25 bits per heavy atom. The molecule has 0 saturated heterocycles. The normalized spacial score (nSPS) is 1.25. The maximum Gasteiger partial charge on any atom is 0 e. The van der Waals surface area contributed by atoms with Crippen LogP contribution in [-0.2, 0) is 47.6 Å². The summed E-state index contributed by atoms with van der Waals surface area (Å²) in [5.74, 6) is 0. The molecule has 0 atom stereocenters. The van der Waals surface area contributed by atoms with E-state index in [2.05, 4.69) is 13.4 Å². The summed E-state index contributed by atoms with van der Waals surface area (Å²) in [6.07, 6.45) is 0. The van der Waals surface area contributed by atoms with Gasteiger partial charge in [0.1, 0.15) is 0 Å². The van der Waals surface area contributed by atoms with Gasteiger partial charge < -0.3 is 5.48 Å². The molecule has 0 unspecified atom stereocenters. The molecule has 0 aromatic carbocycles. The average molecular weight is 228 g/mol. The Balaban J connectivity index is -0.00000000500. The van der Waals surface area contributed by atoms with Crippen molar-refractivity contribution in [3.05, 3.63) is 0 Å². The molecule has 0 aliphatic rings. The fourth-order valence-corrected chi connectivity index (χ4v) is 0. The predicted molar refractivity (Wildman–Crippen MR) is 3.61 cm³/mol. The number of hydrogen-bond acceptors (Lipinski definition) is 0. The van der Waals surface area contributed by atoms with Crippen LogP contribution in [0, 0.1) is 0 Å². The second kappa shape index (κ2) is 22.6. The molecule has 0 rings (SSSR count). The maximum absolute atomic E-state index is 3.26. The molecule has 0 bridgehead atoms. The molecule has 0 aromatic heterocycles. The van der Waals surface area contributed by atoms with Gasteiger partial charge in [-0.1, -0.05) is 0 Å². The number of rotatable bonds is 0. The Morgan fingerprint density at radius 2 is 1.25 bits per heavy atom. The van der Waals surface area contributed by atoms with Gasteiger partial charge in [0.05, 0.1) is 0 Å².